The third-order valence-electron chi connectivity index (χ3n) is 1.53. The van der Waals surface area contributed by atoms with Crippen molar-refractivity contribution in [1.29, 1.82) is 0 Å². The minimum Gasteiger partial charge on any atom is -0.423 e. The van der Waals surface area contributed by atoms with Gasteiger partial charge in [0.25, 0.3) is 0 Å². The van der Waals surface area contributed by atoms with Gasteiger partial charge in [-0.25, -0.2) is 4.79 Å². The van der Waals surface area contributed by atoms with E-state index in [-0.39, 0.29) is 57.8 Å². The van der Waals surface area contributed by atoms with Crippen molar-refractivity contribution in [2.75, 3.05) is 0 Å². The molecule has 1 aromatic heterocycles. The van der Waals surface area contributed by atoms with Crippen LogP contribution in [0.5, 0.6) is 0 Å². The molecule has 110 valence electrons. The lowest BCUT2D eigenvalue weighted by Crippen LogP contribution is -1.93. The van der Waals surface area contributed by atoms with E-state index in [4.69, 9.17) is 4.42 Å². The van der Waals surface area contributed by atoms with Crippen molar-refractivity contribution < 1.29 is 31.8 Å². The molecule has 0 radical (unpaired) electrons. The van der Waals surface area contributed by atoms with Gasteiger partial charge in [0.05, 0.1) is 0 Å². The monoisotopic (exact) mass is 308 g/mol. The number of benzene rings is 1. The van der Waals surface area contributed by atoms with Gasteiger partial charge in [0, 0.05) is 11.5 Å². The Hall–Kier alpha value is -1.19. The van der Waals surface area contributed by atoms with Crippen LogP contribution in [0.25, 0.3) is 11.0 Å². The molecular formula is C9H18Cl2O7. The Bertz CT molecular complexity index is 446. The van der Waals surface area contributed by atoms with E-state index in [9.17, 15) is 4.79 Å². The van der Waals surface area contributed by atoms with Gasteiger partial charge < -0.3 is 31.8 Å². The van der Waals surface area contributed by atoms with Gasteiger partial charge in [-0.15, -0.1) is 24.8 Å². The Morgan fingerprint density at radius 1 is 0.722 bits per heavy atom. The molecular weight excluding hydrogens is 291 g/mol. The third kappa shape index (κ3) is 7.98. The van der Waals surface area contributed by atoms with Crippen LogP contribution < -0.4 is 5.63 Å². The number of rotatable bonds is 0. The van der Waals surface area contributed by atoms with E-state index in [1.54, 1.807) is 12.1 Å². The van der Waals surface area contributed by atoms with Crippen LogP contribution in [0.2, 0.25) is 0 Å². The summed E-state index contributed by atoms with van der Waals surface area (Å²) < 4.78 is 4.91. The zero-order valence-electron chi connectivity index (χ0n) is 9.10. The second-order valence-corrected chi connectivity index (χ2v) is 2.29. The van der Waals surface area contributed by atoms with Crippen molar-refractivity contribution in [3.8, 4) is 0 Å². The van der Waals surface area contributed by atoms with Gasteiger partial charge in [-0.1, -0.05) is 18.2 Å². The van der Waals surface area contributed by atoms with Gasteiger partial charge in [-0.05, 0) is 12.1 Å². The van der Waals surface area contributed by atoms with Gasteiger partial charge in [-0.2, -0.15) is 0 Å². The summed E-state index contributed by atoms with van der Waals surface area (Å²) in [5.41, 5.74) is 0.337. The first-order valence-electron chi connectivity index (χ1n) is 3.35. The van der Waals surface area contributed by atoms with Gasteiger partial charge >= 0.3 is 5.63 Å². The highest BCUT2D eigenvalue weighted by molar-refractivity contribution is 5.85. The first kappa shape index (κ1) is 36.0. The van der Waals surface area contributed by atoms with Crippen LogP contribution in [0.3, 0.4) is 0 Å². The zero-order valence-corrected chi connectivity index (χ0v) is 10.7. The van der Waals surface area contributed by atoms with Crippen LogP contribution in [0.15, 0.2) is 45.6 Å². The lowest BCUT2D eigenvalue weighted by atomic mass is 10.2. The molecule has 18 heavy (non-hydrogen) atoms. The lowest BCUT2D eigenvalue weighted by molar-refractivity contribution is 0.561. The normalized spacial score (nSPS) is 6.22. The van der Waals surface area contributed by atoms with Crippen molar-refractivity contribution in [3.05, 3.63) is 46.8 Å². The van der Waals surface area contributed by atoms with Gasteiger partial charge in [-0.3, -0.25) is 0 Å². The van der Waals surface area contributed by atoms with E-state index in [0.29, 0.717) is 5.58 Å². The number of hydrogen-bond acceptors (Lipinski definition) is 2. The third-order valence-corrected chi connectivity index (χ3v) is 1.53. The number of para-hydroxylation sites is 1. The number of halogens is 2. The van der Waals surface area contributed by atoms with Crippen molar-refractivity contribution in [1.82, 2.24) is 0 Å². The highest BCUT2D eigenvalue weighted by Crippen LogP contribution is 2.08. The predicted molar refractivity (Wildman–Crippen MR) is 75.0 cm³/mol. The summed E-state index contributed by atoms with van der Waals surface area (Å²) >= 11 is 0. The summed E-state index contributed by atoms with van der Waals surface area (Å²) in [6, 6.07) is 10.6. The van der Waals surface area contributed by atoms with Crippen LogP contribution in [0, 0.1) is 0 Å². The zero-order chi connectivity index (χ0) is 7.68. The standard InChI is InChI=1S/C9H6O2.2ClH.5H2O/c10-9-6-5-7-3-1-2-4-8(7)11-9;;;;;;;/h1-6H;2*1H;5*1H2. The molecule has 10 N–H and O–H groups in total. The van der Waals surface area contributed by atoms with Gasteiger partial charge in [0.15, 0.2) is 0 Å². The highest BCUT2D eigenvalue weighted by Gasteiger charge is 1.92. The Balaban J connectivity index is -0.0000000514. The van der Waals surface area contributed by atoms with E-state index < -0.39 is 0 Å². The number of hydrogen-bond donors (Lipinski definition) is 0. The minimum absolute atomic E-state index is 0. The SMILES string of the molecule is Cl.Cl.O.O.O.O.O.O=c1ccc2ccccc2o1. The fourth-order valence-corrected chi connectivity index (χ4v) is 1.01. The quantitative estimate of drug-likeness (QED) is 0.536. The fourth-order valence-electron chi connectivity index (χ4n) is 1.01. The summed E-state index contributed by atoms with van der Waals surface area (Å²) in [4.78, 5) is 10.7. The summed E-state index contributed by atoms with van der Waals surface area (Å²) in [5, 5.41) is 0.951. The van der Waals surface area contributed by atoms with Crippen molar-refractivity contribution in [2.24, 2.45) is 0 Å². The molecule has 0 saturated carbocycles. The van der Waals surface area contributed by atoms with E-state index in [0.717, 1.165) is 5.39 Å². The second-order valence-electron chi connectivity index (χ2n) is 2.29. The Morgan fingerprint density at radius 2 is 1.22 bits per heavy atom. The van der Waals surface area contributed by atoms with E-state index in [1.807, 2.05) is 18.2 Å². The predicted octanol–water partition coefficient (Wildman–Crippen LogP) is -1.49. The molecule has 0 atom stereocenters. The molecule has 0 aliphatic rings. The maximum absolute atomic E-state index is 10.7. The molecule has 0 aliphatic heterocycles. The second kappa shape index (κ2) is 15.8. The topological polar surface area (TPSA) is 188 Å². The first-order valence-corrected chi connectivity index (χ1v) is 3.35. The Morgan fingerprint density at radius 3 is 1.78 bits per heavy atom. The molecule has 0 saturated heterocycles. The molecule has 0 fully saturated rings. The van der Waals surface area contributed by atoms with E-state index in [1.165, 1.54) is 6.07 Å². The molecule has 7 nitrogen and oxygen atoms in total. The summed E-state index contributed by atoms with van der Waals surface area (Å²) in [6.45, 7) is 0. The highest BCUT2D eigenvalue weighted by atomic mass is 35.5. The average Bonchev–Trinajstić information content (AvgIpc) is 2.04. The number of fused-ring (bicyclic) bond motifs is 1. The fraction of sp³-hybridized carbons (Fsp3) is 0. The minimum atomic E-state index is -0.302. The molecule has 2 rings (SSSR count). The van der Waals surface area contributed by atoms with Crippen LogP contribution >= 0.6 is 24.8 Å². The summed E-state index contributed by atoms with van der Waals surface area (Å²) in [5.74, 6) is 0. The maximum Gasteiger partial charge on any atom is 0.336 e. The van der Waals surface area contributed by atoms with Crippen LogP contribution in [-0.4, -0.2) is 27.4 Å². The molecule has 9 heteroatoms. The summed E-state index contributed by atoms with van der Waals surface area (Å²) in [7, 11) is 0. The molecule has 0 bridgehead atoms. The molecule has 1 heterocycles. The smallest absolute Gasteiger partial charge is 0.336 e. The average molecular weight is 309 g/mol. The summed E-state index contributed by atoms with van der Waals surface area (Å²) in [6.07, 6.45) is 0. The van der Waals surface area contributed by atoms with Crippen LogP contribution in [0.1, 0.15) is 0 Å². The molecule has 0 amide bonds. The van der Waals surface area contributed by atoms with Crippen LogP contribution in [-0.2, 0) is 0 Å². The van der Waals surface area contributed by atoms with E-state index in [2.05, 4.69) is 0 Å². The van der Waals surface area contributed by atoms with Gasteiger partial charge in [0.2, 0.25) is 0 Å². The van der Waals surface area contributed by atoms with Crippen molar-refractivity contribution in [3.63, 3.8) is 0 Å². The Labute approximate surface area is 115 Å². The Kier molecular flexibility index (Phi) is 31.6. The van der Waals surface area contributed by atoms with Crippen molar-refractivity contribution in [2.45, 2.75) is 0 Å². The first-order chi connectivity index (χ1) is 5.36. The van der Waals surface area contributed by atoms with Crippen molar-refractivity contribution >= 4 is 35.8 Å². The van der Waals surface area contributed by atoms with E-state index >= 15 is 0 Å². The van der Waals surface area contributed by atoms with Crippen LogP contribution in [0.4, 0.5) is 0 Å². The lowest BCUT2D eigenvalue weighted by Gasteiger charge is -1.91. The molecule has 0 spiro atoms. The maximum atomic E-state index is 10.7. The molecule has 2 aromatic rings. The molecule has 1 aromatic carbocycles. The molecule has 0 aliphatic carbocycles. The molecule has 0 unspecified atom stereocenters. The van der Waals surface area contributed by atoms with Gasteiger partial charge in [0.1, 0.15) is 5.58 Å². The largest absolute Gasteiger partial charge is 0.423 e.